The Morgan fingerprint density at radius 2 is 1.00 bits per heavy atom. The Labute approximate surface area is 437 Å². The second-order valence-corrected chi connectivity index (χ2v) is 24.4. The average Bonchev–Trinajstić information content (AvgIpc) is 3.68. The molecule has 8 rings (SSSR count). The molecule has 0 spiro atoms. The molecule has 0 saturated heterocycles. The van der Waals surface area contributed by atoms with Crippen molar-refractivity contribution in [2.24, 2.45) is 45.1 Å². The van der Waals surface area contributed by atoms with E-state index in [2.05, 4.69) is 18.6 Å². The Balaban J connectivity index is 0.000000319. The summed E-state index contributed by atoms with van der Waals surface area (Å²) in [5.41, 5.74) is 4.83. The third-order valence-electron chi connectivity index (χ3n) is 15.3. The van der Waals surface area contributed by atoms with Gasteiger partial charge < -0.3 is 5.73 Å². The summed E-state index contributed by atoms with van der Waals surface area (Å²) in [4.78, 5) is 73.5. The molecule has 3 atom stereocenters. The van der Waals surface area contributed by atoms with Crippen LogP contribution in [0.2, 0.25) is 0 Å². The lowest BCUT2D eigenvalue weighted by molar-refractivity contribution is -0.171. The van der Waals surface area contributed by atoms with Crippen molar-refractivity contribution in [1.82, 2.24) is 14.5 Å². The first-order valence-electron chi connectivity index (χ1n) is 24.7. The largest absolute Gasteiger partial charge is 0.330 e. The number of ketones is 2. The molecule has 18 heteroatoms. The fraction of sp³-hybridized carbons (Fsp3) is 0.673. The highest BCUT2D eigenvalue weighted by atomic mass is 35.5. The van der Waals surface area contributed by atoms with Gasteiger partial charge in [0.1, 0.15) is 17.6 Å². The van der Waals surface area contributed by atoms with E-state index in [1.165, 1.54) is 11.3 Å². The van der Waals surface area contributed by atoms with Crippen LogP contribution in [0.25, 0.3) is 0 Å². The molecule has 2 aliphatic heterocycles. The van der Waals surface area contributed by atoms with Gasteiger partial charge in [0, 0.05) is 65.5 Å². The minimum absolute atomic E-state index is 0. The first-order chi connectivity index (χ1) is 32.8. The molecule has 0 radical (unpaired) electrons. The SMILES string of the molecule is C.C.CC1(C)CCCC(CN)C1(F)F.CC1(C)CCCC(CN2C(=O)c3ccccc3C2=O)C1=O.CC1(C)CCCC(CNS(C)(=O)=O)C1(F)F.CC1(C)CCCCC1=O.O=C1c2ccccc2C(=O)N1CCl. The summed E-state index contributed by atoms with van der Waals surface area (Å²) in [6.07, 6.45) is 11.5. The first-order valence-corrected chi connectivity index (χ1v) is 27.1. The van der Waals surface area contributed by atoms with E-state index in [9.17, 15) is 54.7 Å². The van der Waals surface area contributed by atoms with Gasteiger partial charge in [-0.1, -0.05) is 120 Å². The zero-order valence-electron chi connectivity index (χ0n) is 42.9. The minimum atomic E-state index is -3.39. The quantitative estimate of drug-likeness (QED) is 0.118. The maximum absolute atomic E-state index is 14.0. The molecular weight excluding hydrogens is 988 g/mol. The monoisotopic (exact) mass is 1070 g/mol. The van der Waals surface area contributed by atoms with Crippen LogP contribution in [0.1, 0.15) is 195 Å². The molecule has 3 N–H and O–H groups in total. The zero-order chi connectivity index (χ0) is 53.5. The third-order valence-corrected chi connectivity index (χ3v) is 16.2. The fourth-order valence-corrected chi connectivity index (χ4v) is 10.9. The van der Waals surface area contributed by atoms with Gasteiger partial charge in [-0.15, -0.1) is 11.6 Å². The van der Waals surface area contributed by atoms with Crippen LogP contribution in [0.15, 0.2) is 48.5 Å². The van der Waals surface area contributed by atoms with Crippen molar-refractivity contribution in [3.05, 3.63) is 70.8 Å². The summed E-state index contributed by atoms with van der Waals surface area (Å²) in [5.74, 6) is -7.67. The molecule has 0 bridgehead atoms. The lowest BCUT2D eigenvalue weighted by Gasteiger charge is -2.43. The maximum atomic E-state index is 14.0. The number of imide groups is 2. The van der Waals surface area contributed by atoms with E-state index in [0.29, 0.717) is 53.7 Å². The van der Waals surface area contributed by atoms with Crippen LogP contribution in [0.4, 0.5) is 17.6 Å². The van der Waals surface area contributed by atoms with Crippen LogP contribution in [0.5, 0.6) is 0 Å². The second-order valence-electron chi connectivity index (χ2n) is 22.4. The van der Waals surface area contributed by atoms with Crippen molar-refractivity contribution in [2.45, 2.75) is 166 Å². The van der Waals surface area contributed by atoms with Crippen LogP contribution in [-0.4, -0.2) is 97.2 Å². The molecule has 6 aliphatic rings. The molecule has 4 aliphatic carbocycles. The van der Waals surface area contributed by atoms with Gasteiger partial charge in [0.15, 0.2) is 0 Å². The number of hydrogen-bond acceptors (Lipinski definition) is 9. The van der Waals surface area contributed by atoms with E-state index in [1.807, 2.05) is 13.8 Å². The van der Waals surface area contributed by atoms with Gasteiger partial charge >= 0.3 is 0 Å². The highest BCUT2D eigenvalue weighted by Crippen LogP contribution is 2.51. The highest BCUT2D eigenvalue weighted by molar-refractivity contribution is 7.88. The number of carbonyl (C=O) groups is 6. The van der Waals surface area contributed by atoms with Crippen molar-refractivity contribution < 1.29 is 54.7 Å². The van der Waals surface area contributed by atoms with Gasteiger partial charge in [0.05, 0.1) is 28.5 Å². The predicted octanol–water partition coefficient (Wildman–Crippen LogP) is 12.0. The highest BCUT2D eigenvalue weighted by Gasteiger charge is 2.55. The molecule has 4 saturated carbocycles. The Kier molecular flexibility index (Phi) is 22.9. The number of Topliss-reactive ketones (excluding diaryl/α,β-unsaturated/α-hetero) is 2. The molecule has 2 aromatic rings. The molecule has 4 fully saturated rings. The Bertz CT molecular complexity index is 2320. The van der Waals surface area contributed by atoms with Gasteiger partial charge in [0.2, 0.25) is 10.0 Å². The minimum Gasteiger partial charge on any atom is -0.330 e. The number of rotatable bonds is 7. The summed E-state index contributed by atoms with van der Waals surface area (Å²) >= 11 is 5.47. The number of fused-ring (bicyclic) bond motifs is 2. The van der Waals surface area contributed by atoms with Crippen LogP contribution in [0.3, 0.4) is 0 Å². The summed E-state index contributed by atoms with van der Waals surface area (Å²) in [6.45, 7) is 14.5. The number of carbonyl (C=O) groups excluding carboxylic acids is 6. The summed E-state index contributed by atoms with van der Waals surface area (Å²) in [7, 11) is -3.39. The van der Waals surface area contributed by atoms with Crippen molar-refractivity contribution in [2.75, 3.05) is 31.9 Å². The lowest BCUT2D eigenvalue weighted by Crippen LogP contribution is -2.50. The van der Waals surface area contributed by atoms with Crippen LogP contribution >= 0.6 is 11.6 Å². The molecule has 4 amide bonds. The molecule has 412 valence electrons. The van der Waals surface area contributed by atoms with Gasteiger partial charge in [-0.2, -0.15) is 0 Å². The summed E-state index contributed by atoms with van der Waals surface area (Å²) < 4.78 is 79.1. The number of amides is 4. The maximum Gasteiger partial charge on any atom is 0.262 e. The van der Waals surface area contributed by atoms with E-state index in [0.717, 1.165) is 62.5 Å². The van der Waals surface area contributed by atoms with E-state index < -0.39 is 44.5 Å². The number of nitrogens with two attached hydrogens (primary N) is 1. The molecule has 2 heterocycles. The molecular formula is C55H83ClF4N4O8S. The van der Waals surface area contributed by atoms with E-state index in [-0.39, 0.29) is 86.7 Å². The average molecular weight is 1070 g/mol. The first kappa shape index (κ1) is 65.1. The predicted molar refractivity (Wildman–Crippen MR) is 280 cm³/mol. The Hall–Kier alpha value is -4.06. The number of sulfonamides is 1. The molecule has 3 unspecified atom stereocenters. The Morgan fingerprint density at radius 1 is 0.603 bits per heavy atom. The number of hydrogen-bond donors (Lipinski definition) is 2. The molecule has 73 heavy (non-hydrogen) atoms. The van der Waals surface area contributed by atoms with Crippen molar-refractivity contribution in [1.29, 1.82) is 0 Å². The van der Waals surface area contributed by atoms with Crippen molar-refractivity contribution >= 4 is 56.8 Å². The topological polar surface area (TPSA) is 181 Å². The molecule has 12 nitrogen and oxygen atoms in total. The van der Waals surface area contributed by atoms with Gasteiger partial charge in [-0.05, 0) is 75.6 Å². The molecule has 0 aromatic heterocycles. The number of nitrogens with one attached hydrogen (secondary N) is 1. The smallest absolute Gasteiger partial charge is 0.262 e. The van der Waals surface area contributed by atoms with E-state index in [1.54, 1.807) is 76.2 Å². The normalized spacial score (nSPS) is 24.7. The molecule has 2 aromatic carbocycles. The van der Waals surface area contributed by atoms with Gasteiger partial charge in [-0.3, -0.25) is 38.6 Å². The number of nitrogens with zero attached hydrogens (tertiary/aromatic N) is 2. The van der Waals surface area contributed by atoms with Crippen LogP contribution < -0.4 is 10.5 Å². The van der Waals surface area contributed by atoms with E-state index >= 15 is 0 Å². The fourth-order valence-electron chi connectivity index (χ4n) is 10.2. The van der Waals surface area contributed by atoms with Crippen LogP contribution in [0, 0.1) is 39.4 Å². The van der Waals surface area contributed by atoms with Gasteiger partial charge in [-0.25, -0.2) is 30.7 Å². The third kappa shape index (κ3) is 15.3. The van der Waals surface area contributed by atoms with Crippen molar-refractivity contribution in [3.63, 3.8) is 0 Å². The zero-order valence-corrected chi connectivity index (χ0v) is 44.5. The van der Waals surface area contributed by atoms with E-state index in [4.69, 9.17) is 17.3 Å². The summed E-state index contributed by atoms with van der Waals surface area (Å²) in [6, 6.07) is 13.5. The summed E-state index contributed by atoms with van der Waals surface area (Å²) in [5, 5.41) is 0. The number of halogens is 5. The number of benzene rings is 2. The Morgan fingerprint density at radius 3 is 1.37 bits per heavy atom. The van der Waals surface area contributed by atoms with Gasteiger partial charge in [0.25, 0.3) is 35.5 Å². The lowest BCUT2D eigenvalue weighted by atomic mass is 9.69. The van der Waals surface area contributed by atoms with Crippen LogP contribution in [-0.2, 0) is 19.6 Å². The number of alkyl halides is 5. The van der Waals surface area contributed by atoms with Crippen molar-refractivity contribution in [3.8, 4) is 0 Å². The standard InChI is InChI=1S/C17H19NO3.C10H19F2NO2S.C9H6ClNO2.C9H17F2N.C8H14O.2CH4/c1-17(2)9-5-6-11(14(17)19)10-18-15(20)12-7-3-4-8-13(12)16(18)21;1-9(2)6-4-5-8(10(9,11)12)7-13-16(3,14)15;10-5-11-8(12)6-3-1-2-4-7(6)9(11)13;1-8(2)5-3-4-7(6-12)9(8,10)11;1-8(2)6-4-3-5-7(8)9;;/h3-4,7-8,11H,5-6,9-10H2,1-2H3;8,13H,4-7H2,1-3H3;1-4H,5H2;7H,3-6,12H2,1-2H3;3-6H2,1-2H3;2*1H4. The second kappa shape index (κ2) is 25.7.